The predicted molar refractivity (Wildman–Crippen MR) is 35.5 cm³/mol. The number of unbranched alkanes of at least 4 members (excludes halogenated alkanes) is 1. The van der Waals surface area contributed by atoms with Crippen molar-refractivity contribution in [3.05, 3.63) is 0 Å². The Morgan fingerprint density at radius 1 is 1.33 bits per heavy atom. The van der Waals surface area contributed by atoms with Crippen LogP contribution in [0.25, 0.3) is 0 Å². The van der Waals surface area contributed by atoms with Crippen molar-refractivity contribution in [1.29, 1.82) is 0 Å². The van der Waals surface area contributed by atoms with Gasteiger partial charge >= 0.3 is 0 Å². The third kappa shape index (κ3) is 4.70. The van der Waals surface area contributed by atoms with Crippen LogP contribution in [0.4, 0.5) is 0 Å². The molecule has 0 aromatic rings. The molecule has 0 saturated heterocycles. The summed E-state index contributed by atoms with van der Waals surface area (Å²) in [5, 5.41) is 0. The van der Waals surface area contributed by atoms with Crippen LogP contribution in [0.5, 0.6) is 0 Å². The Balaban J connectivity index is 2.34. The molecule has 0 aliphatic heterocycles. The Bertz CT molecular complexity index is 17.5. The summed E-state index contributed by atoms with van der Waals surface area (Å²) in [6.45, 7) is 0. The van der Waals surface area contributed by atoms with Crippen molar-refractivity contribution in [3.8, 4) is 0 Å². The van der Waals surface area contributed by atoms with E-state index in [1.807, 2.05) is 0 Å². The van der Waals surface area contributed by atoms with Crippen LogP contribution in [0, 0.1) is 0 Å². The molecule has 0 spiro atoms. The topological polar surface area (TPSA) is 0 Å². The van der Waals surface area contributed by atoms with Gasteiger partial charge in [0.25, 0.3) is 0 Å². The summed E-state index contributed by atoms with van der Waals surface area (Å²) in [5.74, 6) is 1.87. The predicted octanol–water partition coefficient (Wildman–Crippen LogP) is 1.89. The summed E-state index contributed by atoms with van der Waals surface area (Å²) >= 11 is 8.69. The lowest BCUT2D eigenvalue weighted by Crippen LogP contribution is -1.74. The lowest BCUT2D eigenvalue weighted by atomic mass is 10.4. The first-order valence-corrected chi connectivity index (χ1v) is 3.31. The van der Waals surface area contributed by atoms with Gasteiger partial charge in [-0.3, -0.25) is 0 Å². The first kappa shape index (κ1) is 6.70. The summed E-state index contributed by atoms with van der Waals surface area (Å²) in [4.78, 5) is 0. The molecule has 0 unspecified atom stereocenters. The molecule has 0 nitrogen and oxygen atoms in total. The lowest BCUT2D eigenvalue weighted by Gasteiger charge is -1.84. The quantitative estimate of drug-likeness (QED) is 0.428. The summed E-state index contributed by atoms with van der Waals surface area (Å²) in [6, 6.07) is 0. The van der Waals surface area contributed by atoms with Gasteiger partial charge < -0.3 is 0 Å². The fourth-order valence-corrected chi connectivity index (χ4v) is 0.642. The summed E-state index contributed by atoms with van der Waals surface area (Å²) in [6.07, 6.45) is 2.32. The van der Waals surface area contributed by atoms with E-state index in [1.165, 1.54) is 6.42 Å². The molecule has 1 radical (unpaired) electrons. The van der Waals surface area contributed by atoms with Gasteiger partial charge in [-0.15, -0.1) is 0 Å². The fraction of sp³-hybridized carbons (Fsp3) is 1.00. The van der Waals surface area contributed by atoms with Crippen molar-refractivity contribution in [2.75, 3.05) is 11.5 Å². The highest BCUT2D eigenvalue weighted by atomic mass is 32.1. The van der Waals surface area contributed by atoms with Crippen molar-refractivity contribution >= 4 is 25.3 Å². The largest absolute Gasteiger partial charge is 0.179 e. The average molecular weight is 121 g/mol. The van der Waals surface area contributed by atoms with Crippen LogP contribution in [-0.4, -0.2) is 11.5 Å². The minimum Gasteiger partial charge on any atom is -0.179 e. The number of hydrogen-bond acceptors (Lipinski definition) is 1. The Hall–Kier alpha value is 0.700. The molecule has 0 aliphatic rings. The van der Waals surface area contributed by atoms with Crippen LogP contribution in [-0.2, 0) is 0 Å². The average Bonchev–Trinajstić information content (AvgIpc) is 1.61. The standard InChI is InChI=1S/C4H9S2/c5-3-1-2-4-6/h5H,1-4H2. The van der Waals surface area contributed by atoms with Crippen molar-refractivity contribution in [2.45, 2.75) is 12.8 Å². The van der Waals surface area contributed by atoms with Gasteiger partial charge in [0.15, 0.2) is 0 Å². The minimum atomic E-state index is 0.889. The maximum absolute atomic E-state index is 4.68. The van der Waals surface area contributed by atoms with Gasteiger partial charge in [-0.1, -0.05) is 12.6 Å². The lowest BCUT2D eigenvalue weighted by molar-refractivity contribution is 0.912. The molecular weight excluding hydrogens is 112 g/mol. The van der Waals surface area contributed by atoms with Gasteiger partial charge in [0, 0.05) is 5.75 Å². The van der Waals surface area contributed by atoms with Gasteiger partial charge in [0.05, 0.1) is 0 Å². The van der Waals surface area contributed by atoms with Crippen LogP contribution in [0.2, 0.25) is 0 Å². The van der Waals surface area contributed by atoms with Crippen molar-refractivity contribution in [2.24, 2.45) is 0 Å². The zero-order chi connectivity index (χ0) is 4.83. The molecule has 0 heterocycles. The highest BCUT2D eigenvalue weighted by Gasteiger charge is 1.77. The van der Waals surface area contributed by atoms with Crippen LogP contribution in [0.1, 0.15) is 12.8 Å². The van der Waals surface area contributed by atoms with E-state index in [1.54, 1.807) is 0 Å². The van der Waals surface area contributed by atoms with Gasteiger partial charge in [-0.25, -0.2) is 0 Å². The highest BCUT2D eigenvalue weighted by molar-refractivity contribution is 7.80. The monoisotopic (exact) mass is 121 g/mol. The van der Waals surface area contributed by atoms with Crippen LogP contribution in [0.3, 0.4) is 0 Å². The Kier molecular flexibility index (Phi) is 6.36. The summed E-state index contributed by atoms with van der Waals surface area (Å²) in [7, 11) is 0. The molecule has 0 fully saturated rings. The molecule has 2 heteroatoms. The Morgan fingerprint density at radius 3 is 2.17 bits per heavy atom. The number of rotatable bonds is 3. The first-order chi connectivity index (χ1) is 2.91. The van der Waals surface area contributed by atoms with E-state index in [-0.39, 0.29) is 0 Å². The summed E-state index contributed by atoms with van der Waals surface area (Å²) in [5.41, 5.74) is 0. The van der Waals surface area contributed by atoms with Gasteiger partial charge in [-0.05, 0) is 18.6 Å². The highest BCUT2D eigenvalue weighted by Crippen LogP contribution is 1.91. The maximum atomic E-state index is 4.68. The van der Waals surface area contributed by atoms with Crippen molar-refractivity contribution < 1.29 is 0 Å². The molecule has 0 N–H and O–H groups in total. The van der Waals surface area contributed by atoms with Crippen LogP contribution >= 0.6 is 25.3 Å². The molecule has 0 atom stereocenters. The molecule has 0 aromatic heterocycles. The van der Waals surface area contributed by atoms with E-state index in [0.29, 0.717) is 0 Å². The normalized spacial score (nSPS) is 9.00. The number of thiol groups is 1. The zero-order valence-corrected chi connectivity index (χ0v) is 5.39. The van der Waals surface area contributed by atoms with E-state index in [9.17, 15) is 0 Å². The second kappa shape index (κ2) is 5.70. The van der Waals surface area contributed by atoms with Gasteiger partial charge in [-0.2, -0.15) is 12.6 Å². The van der Waals surface area contributed by atoms with E-state index in [4.69, 9.17) is 0 Å². The van der Waals surface area contributed by atoms with Gasteiger partial charge in [0.2, 0.25) is 0 Å². The third-order valence-electron chi connectivity index (χ3n) is 0.552. The smallest absolute Gasteiger partial charge is 0.00372 e. The first-order valence-electron chi connectivity index (χ1n) is 2.10. The molecule has 6 heavy (non-hydrogen) atoms. The second-order valence-electron chi connectivity index (χ2n) is 1.13. The third-order valence-corrected chi connectivity index (χ3v) is 1.16. The van der Waals surface area contributed by atoms with E-state index in [0.717, 1.165) is 17.9 Å². The molecule has 37 valence electrons. The minimum absolute atomic E-state index is 0.889. The van der Waals surface area contributed by atoms with E-state index in [2.05, 4.69) is 25.3 Å². The second-order valence-corrected chi connectivity index (χ2v) is 1.99. The molecular formula is C4H9S2. The van der Waals surface area contributed by atoms with Gasteiger partial charge in [0.1, 0.15) is 0 Å². The summed E-state index contributed by atoms with van der Waals surface area (Å²) < 4.78 is 0. The van der Waals surface area contributed by atoms with Crippen LogP contribution in [0.15, 0.2) is 0 Å². The molecule has 0 aromatic carbocycles. The molecule has 0 saturated carbocycles. The zero-order valence-electron chi connectivity index (χ0n) is 3.68. The molecule has 0 amide bonds. The Morgan fingerprint density at radius 2 is 2.00 bits per heavy atom. The Labute approximate surface area is 50.1 Å². The molecule has 0 aliphatic carbocycles. The SMILES string of the molecule is [S]CCCCS. The number of hydrogen-bond donors (Lipinski definition) is 1. The van der Waals surface area contributed by atoms with Crippen molar-refractivity contribution in [1.82, 2.24) is 0 Å². The molecule has 0 bridgehead atoms. The molecule has 0 rings (SSSR count). The maximum Gasteiger partial charge on any atom is 0.00372 e. The fourth-order valence-electron chi connectivity index (χ4n) is 0.214. The van der Waals surface area contributed by atoms with Crippen molar-refractivity contribution in [3.63, 3.8) is 0 Å². The van der Waals surface area contributed by atoms with Crippen LogP contribution < -0.4 is 0 Å². The van der Waals surface area contributed by atoms with E-state index < -0.39 is 0 Å². The van der Waals surface area contributed by atoms with E-state index >= 15 is 0 Å².